The van der Waals surface area contributed by atoms with Gasteiger partial charge in [-0.3, -0.25) is 0 Å². The van der Waals surface area contributed by atoms with Crippen LogP contribution >= 0.6 is 0 Å². The van der Waals surface area contributed by atoms with Gasteiger partial charge in [-0.15, -0.1) is 0 Å². The van der Waals surface area contributed by atoms with Gasteiger partial charge in [0.1, 0.15) is 0 Å². The quantitative estimate of drug-likeness (QED) is 0.534. The van der Waals surface area contributed by atoms with Gasteiger partial charge < -0.3 is 0 Å². The maximum Gasteiger partial charge on any atom is -0.0233 e. The molecule has 0 amide bonds. The maximum atomic E-state index is 2.37. The first-order chi connectivity index (χ1) is 5.08. The molecule has 0 saturated heterocycles. The maximum absolute atomic E-state index is 2.37. The third kappa shape index (κ3) is 3.41. The van der Waals surface area contributed by atoms with Crippen molar-refractivity contribution < 1.29 is 0 Å². The zero-order chi connectivity index (χ0) is 8.32. The Hall–Kier alpha value is -0.520. The minimum absolute atomic E-state index is 0.438. The van der Waals surface area contributed by atoms with Crippen LogP contribution in [0.25, 0.3) is 0 Å². The Morgan fingerprint density at radius 1 is 1.27 bits per heavy atom. The minimum Gasteiger partial charge on any atom is -0.0840 e. The smallest absolute Gasteiger partial charge is 0.0233 e. The van der Waals surface area contributed by atoms with Crippen molar-refractivity contribution in [3.63, 3.8) is 0 Å². The third-order valence-electron chi connectivity index (χ3n) is 1.81. The van der Waals surface area contributed by atoms with Crippen molar-refractivity contribution in [2.24, 2.45) is 5.41 Å². The molecule has 0 heteroatoms. The molecule has 1 rings (SSSR count). The van der Waals surface area contributed by atoms with E-state index in [1.807, 2.05) is 0 Å². The van der Waals surface area contributed by atoms with Crippen LogP contribution in [0.15, 0.2) is 23.8 Å². The normalized spacial score (nSPS) is 18.3. The first-order valence-electron chi connectivity index (χ1n) is 4.43. The highest BCUT2D eigenvalue weighted by Crippen LogP contribution is 2.26. The van der Waals surface area contributed by atoms with Crippen LogP contribution in [-0.2, 0) is 0 Å². The van der Waals surface area contributed by atoms with Gasteiger partial charge in [-0.25, -0.2) is 0 Å². The molecule has 0 N–H and O–H groups in total. The van der Waals surface area contributed by atoms with Crippen LogP contribution in [0.2, 0.25) is 0 Å². The summed E-state index contributed by atoms with van der Waals surface area (Å²) in [5, 5.41) is 0. The van der Waals surface area contributed by atoms with E-state index in [1.54, 1.807) is 0 Å². The highest BCUT2D eigenvalue weighted by molar-refractivity contribution is 5.22. The molecule has 0 aliphatic heterocycles. The standard InChI is InChI=1S/C11H18/c1-11(2,3)9-10-7-5-4-6-8-10/h5,7-8H,4,6,9H2,1-3H3. The summed E-state index contributed by atoms with van der Waals surface area (Å²) < 4.78 is 0. The molecule has 11 heavy (non-hydrogen) atoms. The summed E-state index contributed by atoms with van der Waals surface area (Å²) in [5.41, 5.74) is 1.96. The Morgan fingerprint density at radius 3 is 2.45 bits per heavy atom. The topological polar surface area (TPSA) is 0 Å². The lowest BCUT2D eigenvalue weighted by atomic mass is 9.86. The fourth-order valence-corrected chi connectivity index (χ4v) is 1.41. The molecule has 0 bridgehead atoms. The zero-order valence-corrected chi connectivity index (χ0v) is 7.85. The molecule has 0 fully saturated rings. The fraction of sp³-hybridized carbons (Fsp3) is 0.636. The Morgan fingerprint density at radius 2 is 2.00 bits per heavy atom. The number of rotatable bonds is 1. The largest absolute Gasteiger partial charge is 0.0840 e. The molecule has 0 aromatic carbocycles. The van der Waals surface area contributed by atoms with Gasteiger partial charge in [0.15, 0.2) is 0 Å². The average molecular weight is 150 g/mol. The molecule has 0 aromatic heterocycles. The van der Waals surface area contributed by atoms with Gasteiger partial charge >= 0.3 is 0 Å². The van der Waals surface area contributed by atoms with E-state index in [1.165, 1.54) is 24.8 Å². The van der Waals surface area contributed by atoms with Crippen LogP contribution in [0, 0.1) is 5.41 Å². The Kier molecular flexibility index (Phi) is 2.53. The van der Waals surface area contributed by atoms with E-state index in [-0.39, 0.29) is 0 Å². The van der Waals surface area contributed by atoms with Crippen molar-refractivity contribution in [3.05, 3.63) is 23.8 Å². The van der Waals surface area contributed by atoms with Crippen LogP contribution in [0.5, 0.6) is 0 Å². The van der Waals surface area contributed by atoms with Crippen LogP contribution in [0.1, 0.15) is 40.0 Å². The van der Waals surface area contributed by atoms with Crippen molar-refractivity contribution >= 4 is 0 Å². The summed E-state index contributed by atoms with van der Waals surface area (Å²) in [7, 11) is 0. The van der Waals surface area contributed by atoms with Crippen LogP contribution in [0.3, 0.4) is 0 Å². The van der Waals surface area contributed by atoms with Gasteiger partial charge in [0.25, 0.3) is 0 Å². The van der Waals surface area contributed by atoms with Crippen molar-refractivity contribution in [2.75, 3.05) is 0 Å². The summed E-state index contributed by atoms with van der Waals surface area (Å²) >= 11 is 0. The predicted octanol–water partition coefficient (Wildman–Crippen LogP) is 3.70. The van der Waals surface area contributed by atoms with E-state index in [4.69, 9.17) is 0 Å². The van der Waals surface area contributed by atoms with E-state index in [0.717, 1.165) is 0 Å². The lowest BCUT2D eigenvalue weighted by Crippen LogP contribution is -2.06. The van der Waals surface area contributed by atoms with Crippen LogP contribution in [-0.4, -0.2) is 0 Å². The predicted molar refractivity (Wildman–Crippen MR) is 50.5 cm³/mol. The molecule has 62 valence electrons. The van der Waals surface area contributed by atoms with E-state index in [9.17, 15) is 0 Å². The van der Waals surface area contributed by atoms with E-state index in [0.29, 0.717) is 5.41 Å². The highest BCUT2D eigenvalue weighted by Gasteiger charge is 2.11. The van der Waals surface area contributed by atoms with Gasteiger partial charge in [-0.2, -0.15) is 0 Å². The zero-order valence-electron chi connectivity index (χ0n) is 7.85. The molecular weight excluding hydrogens is 132 g/mol. The molecule has 0 spiro atoms. The number of hydrogen-bond acceptors (Lipinski definition) is 0. The molecule has 0 heterocycles. The summed E-state index contributed by atoms with van der Waals surface area (Å²) in [6, 6.07) is 0. The molecule has 0 atom stereocenters. The van der Waals surface area contributed by atoms with Crippen LogP contribution < -0.4 is 0 Å². The SMILES string of the molecule is CC(C)(C)CC1=CCCC=C1. The molecule has 1 aliphatic rings. The second-order valence-corrected chi connectivity index (χ2v) is 4.50. The van der Waals surface area contributed by atoms with E-state index < -0.39 is 0 Å². The molecule has 0 nitrogen and oxygen atoms in total. The van der Waals surface area contributed by atoms with Gasteiger partial charge in [-0.1, -0.05) is 44.6 Å². The Labute approximate surface area is 70.0 Å². The third-order valence-corrected chi connectivity index (χ3v) is 1.81. The average Bonchev–Trinajstić information content (AvgIpc) is 1.85. The van der Waals surface area contributed by atoms with E-state index in [2.05, 4.69) is 39.0 Å². The van der Waals surface area contributed by atoms with Gasteiger partial charge in [0, 0.05) is 0 Å². The van der Waals surface area contributed by atoms with Gasteiger partial charge in [0.05, 0.1) is 0 Å². The summed E-state index contributed by atoms with van der Waals surface area (Å²) in [4.78, 5) is 0. The summed E-state index contributed by atoms with van der Waals surface area (Å²) in [5.74, 6) is 0. The highest BCUT2D eigenvalue weighted by atomic mass is 14.2. The van der Waals surface area contributed by atoms with Gasteiger partial charge in [-0.05, 0) is 24.7 Å². The lowest BCUT2D eigenvalue weighted by molar-refractivity contribution is 0.412. The second kappa shape index (κ2) is 3.25. The first kappa shape index (κ1) is 8.58. The summed E-state index contributed by atoms with van der Waals surface area (Å²) in [6.07, 6.45) is 10.6. The first-order valence-corrected chi connectivity index (χ1v) is 4.43. The fourth-order valence-electron chi connectivity index (χ4n) is 1.41. The molecule has 0 saturated carbocycles. The van der Waals surface area contributed by atoms with Gasteiger partial charge in [0.2, 0.25) is 0 Å². The molecule has 0 unspecified atom stereocenters. The second-order valence-electron chi connectivity index (χ2n) is 4.50. The van der Waals surface area contributed by atoms with Crippen molar-refractivity contribution in [1.82, 2.24) is 0 Å². The molecule has 1 aliphatic carbocycles. The minimum atomic E-state index is 0.438. The van der Waals surface area contributed by atoms with E-state index >= 15 is 0 Å². The van der Waals surface area contributed by atoms with Crippen molar-refractivity contribution in [2.45, 2.75) is 40.0 Å². The van der Waals surface area contributed by atoms with Crippen LogP contribution in [0.4, 0.5) is 0 Å². The van der Waals surface area contributed by atoms with Crippen molar-refractivity contribution in [1.29, 1.82) is 0 Å². The molecule has 0 radical (unpaired) electrons. The Balaban J connectivity index is 2.49. The lowest BCUT2D eigenvalue weighted by Gasteiger charge is -2.19. The summed E-state index contributed by atoms with van der Waals surface area (Å²) in [6.45, 7) is 6.86. The number of allylic oxidation sites excluding steroid dienone is 4. The monoisotopic (exact) mass is 150 g/mol. The molecular formula is C11H18. The number of hydrogen-bond donors (Lipinski definition) is 0. The molecule has 0 aromatic rings. The van der Waals surface area contributed by atoms with Crippen molar-refractivity contribution in [3.8, 4) is 0 Å². The Bertz CT molecular complexity index is 177.